The number of amidine groups is 1. The number of carbonyl (C=O) groups excluding carboxylic acids is 3. The average molecular weight is 587 g/mol. The maximum Gasteiger partial charge on any atom is 0.491 e. The van der Waals surface area contributed by atoms with Crippen molar-refractivity contribution < 1.29 is 55.3 Å². The fourth-order valence-corrected chi connectivity index (χ4v) is 3.37. The highest BCUT2D eigenvalue weighted by molar-refractivity contribution is 6.01. The van der Waals surface area contributed by atoms with Gasteiger partial charge in [-0.2, -0.15) is 26.3 Å². The number of hydrogen-bond donors (Lipinski definition) is 5. The van der Waals surface area contributed by atoms with Crippen LogP contribution in [-0.4, -0.2) is 57.7 Å². The molecule has 1 heterocycles. The zero-order chi connectivity index (χ0) is 30.5. The van der Waals surface area contributed by atoms with Crippen molar-refractivity contribution in [1.82, 2.24) is 15.3 Å². The summed E-state index contributed by atoms with van der Waals surface area (Å²) in [5.41, 5.74) is 4.68. The number of phenolic OH excluding ortho intramolecular Hbond substituents is 1. The maximum absolute atomic E-state index is 13.0. The average Bonchev–Trinajstić information content (AvgIpc) is 3.41. The first-order valence-corrected chi connectivity index (χ1v) is 11.3. The lowest BCUT2D eigenvalue weighted by molar-refractivity contribution is -0.191. The number of rotatable bonds is 9. The summed E-state index contributed by atoms with van der Waals surface area (Å²) in [5.74, 6) is -10.4. The molecule has 17 heteroatoms. The Labute approximate surface area is 225 Å². The van der Waals surface area contributed by atoms with Gasteiger partial charge in [0.1, 0.15) is 17.4 Å². The normalized spacial score (nSPS) is 11.6. The molecule has 1 amide bonds. The monoisotopic (exact) mass is 587 g/mol. The van der Waals surface area contributed by atoms with E-state index in [2.05, 4.69) is 24.8 Å². The molecule has 1 aromatic heterocycles. The maximum atomic E-state index is 13.0. The molecule has 6 N–H and O–H groups in total. The second-order valence-electron chi connectivity index (χ2n) is 8.15. The number of amides is 1. The highest BCUT2D eigenvalue weighted by Crippen LogP contribution is 2.42. The van der Waals surface area contributed by atoms with Crippen LogP contribution in [0, 0.1) is 5.41 Å². The Kier molecular flexibility index (Phi) is 8.89. The molecule has 0 saturated heterocycles. The Bertz CT molecular complexity index is 1470. The molecule has 0 saturated carbocycles. The van der Waals surface area contributed by atoms with Crippen molar-refractivity contribution in [1.29, 1.82) is 5.41 Å². The third-order valence-electron chi connectivity index (χ3n) is 5.26. The van der Waals surface area contributed by atoms with E-state index >= 15 is 0 Å². The molecule has 0 spiro atoms. The molecule has 0 aliphatic rings. The largest absolute Gasteiger partial charge is 0.508 e. The van der Waals surface area contributed by atoms with Crippen molar-refractivity contribution in [3.63, 3.8) is 0 Å². The summed E-state index contributed by atoms with van der Waals surface area (Å²) >= 11 is 0. The van der Waals surface area contributed by atoms with Crippen molar-refractivity contribution in [2.24, 2.45) is 5.73 Å². The van der Waals surface area contributed by atoms with Gasteiger partial charge in [0, 0.05) is 24.5 Å². The number of alkyl halides is 6. The molecule has 0 fully saturated rings. The smallest absolute Gasteiger partial charge is 0.491 e. The Morgan fingerprint density at radius 3 is 2.20 bits per heavy atom. The minimum Gasteiger partial charge on any atom is -0.508 e. The number of halogens is 6. The first-order chi connectivity index (χ1) is 19.1. The van der Waals surface area contributed by atoms with E-state index in [1.807, 2.05) is 0 Å². The lowest BCUT2D eigenvalue weighted by atomic mass is 10.0. The van der Waals surface area contributed by atoms with Gasteiger partial charge in [0.05, 0.1) is 11.1 Å². The molecule has 41 heavy (non-hydrogen) atoms. The Morgan fingerprint density at radius 1 is 1.00 bits per heavy atom. The fraction of sp³-hybridized carbons (Fsp3) is 0.208. The van der Waals surface area contributed by atoms with Gasteiger partial charge >= 0.3 is 24.3 Å². The van der Waals surface area contributed by atoms with E-state index in [0.29, 0.717) is 11.1 Å². The van der Waals surface area contributed by atoms with Gasteiger partial charge in [0.2, 0.25) is 0 Å². The number of H-pyrrole nitrogens is 1. The van der Waals surface area contributed by atoms with E-state index in [0.717, 1.165) is 18.3 Å². The van der Waals surface area contributed by atoms with E-state index in [1.54, 1.807) is 0 Å². The lowest BCUT2D eigenvalue weighted by Gasteiger charge is -2.18. The number of nitrogens with zero attached hydrogens (tertiary/aromatic N) is 1. The highest BCUT2D eigenvalue weighted by atomic mass is 19.4. The standard InChI is InChI=1S/C24H19F6N5O6/c25-23(26,27)21(38)40-16-13(19-33-8-9-34-19)4-5-14(17(16)41-22(39)24(28,29)30)20(37)35-7-1-2-11-10-12(18(31)32)3-6-15(11)36/h3-6,8-10,36H,1-2,7H2,(H3,31,32)(H,33,34)(H,35,37). The molecule has 11 nitrogen and oxygen atoms in total. The summed E-state index contributed by atoms with van der Waals surface area (Å²) in [6.45, 7) is -0.188. The van der Waals surface area contributed by atoms with Gasteiger partial charge in [-0.15, -0.1) is 0 Å². The highest BCUT2D eigenvalue weighted by Gasteiger charge is 2.45. The van der Waals surface area contributed by atoms with Gasteiger partial charge in [0.15, 0.2) is 11.5 Å². The number of nitrogen functional groups attached to an aromatic ring is 1. The van der Waals surface area contributed by atoms with Crippen LogP contribution < -0.4 is 20.5 Å². The number of phenols is 1. The second kappa shape index (κ2) is 12.0. The Balaban J connectivity index is 1.95. The molecule has 218 valence electrons. The molecule has 0 aliphatic heterocycles. The number of carbonyl (C=O) groups is 3. The number of aryl methyl sites for hydroxylation is 1. The molecule has 0 unspecified atom stereocenters. The van der Waals surface area contributed by atoms with E-state index < -0.39 is 52.8 Å². The van der Waals surface area contributed by atoms with Gasteiger partial charge < -0.3 is 30.6 Å². The van der Waals surface area contributed by atoms with Crippen molar-refractivity contribution in [3.8, 4) is 28.6 Å². The van der Waals surface area contributed by atoms with Crippen LogP contribution in [-0.2, 0) is 16.0 Å². The van der Waals surface area contributed by atoms with Gasteiger partial charge in [-0.05, 0) is 48.7 Å². The van der Waals surface area contributed by atoms with Crippen molar-refractivity contribution in [3.05, 3.63) is 59.4 Å². The SMILES string of the molecule is N=C(N)c1ccc(O)c(CCCNC(=O)c2ccc(-c3ncc[nH]3)c(OC(=O)C(F)(F)F)c2OC(=O)C(F)(F)F)c1. The van der Waals surface area contributed by atoms with Gasteiger partial charge in [-0.25, -0.2) is 14.6 Å². The van der Waals surface area contributed by atoms with E-state index in [9.17, 15) is 45.8 Å². The second-order valence-corrected chi connectivity index (χ2v) is 8.15. The topological polar surface area (TPSA) is 180 Å². The van der Waals surface area contributed by atoms with Crippen LogP contribution >= 0.6 is 0 Å². The van der Waals surface area contributed by atoms with Gasteiger partial charge in [-0.3, -0.25) is 10.2 Å². The van der Waals surface area contributed by atoms with Crippen molar-refractivity contribution >= 4 is 23.7 Å². The first kappa shape index (κ1) is 30.5. The molecule has 2 aromatic carbocycles. The summed E-state index contributed by atoms with van der Waals surface area (Å²) in [6, 6.07) is 5.89. The summed E-state index contributed by atoms with van der Waals surface area (Å²) < 4.78 is 86.6. The molecule has 0 atom stereocenters. The number of benzene rings is 2. The predicted octanol–water partition coefficient (Wildman–Crippen LogP) is 3.36. The third kappa shape index (κ3) is 7.52. The summed E-state index contributed by atoms with van der Waals surface area (Å²) in [5, 5.41) is 19.7. The number of aromatic amines is 1. The number of nitrogens with two attached hydrogens (primary N) is 1. The van der Waals surface area contributed by atoms with Gasteiger partial charge in [0.25, 0.3) is 5.91 Å². The van der Waals surface area contributed by atoms with Crippen LogP contribution in [0.1, 0.15) is 27.9 Å². The molecule has 0 aliphatic carbocycles. The Morgan fingerprint density at radius 2 is 1.63 bits per heavy atom. The molecule has 0 radical (unpaired) electrons. The number of nitrogens with one attached hydrogen (secondary N) is 3. The number of ether oxygens (including phenoxy) is 2. The minimum atomic E-state index is -5.64. The number of hydrogen-bond acceptors (Lipinski definition) is 8. The summed E-state index contributed by atoms with van der Waals surface area (Å²) in [7, 11) is 0. The fourth-order valence-electron chi connectivity index (χ4n) is 3.37. The van der Waals surface area contributed by atoms with Gasteiger partial charge in [-0.1, -0.05) is 0 Å². The van der Waals surface area contributed by atoms with E-state index in [-0.39, 0.29) is 36.8 Å². The molecule has 3 aromatic rings. The summed E-state index contributed by atoms with van der Waals surface area (Å²) in [4.78, 5) is 42.4. The van der Waals surface area contributed by atoms with Crippen molar-refractivity contribution in [2.75, 3.05) is 6.54 Å². The number of imidazole rings is 1. The zero-order valence-corrected chi connectivity index (χ0v) is 20.4. The van der Waals surface area contributed by atoms with Crippen LogP contribution in [0.25, 0.3) is 11.4 Å². The van der Waals surface area contributed by atoms with Crippen molar-refractivity contribution in [2.45, 2.75) is 25.2 Å². The lowest BCUT2D eigenvalue weighted by Crippen LogP contribution is -2.32. The van der Waals surface area contributed by atoms with Crippen LogP contribution in [0.4, 0.5) is 26.3 Å². The Hall–Kier alpha value is -5.09. The first-order valence-electron chi connectivity index (χ1n) is 11.3. The molecular formula is C24H19F6N5O6. The zero-order valence-electron chi connectivity index (χ0n) is 20.4. The summed E-state index contributed by atoms with van der Waals surface area (Å²) in [6.07, 6.45) is -8.69. The number of aromatic nitrogens is 2. The quantitative estimate of drug-likeness (QED) is 0.0631. The molecule has 0 bridgehead atoms. The van der Waals surface area contributed by atoms with Crippen LogP contribution in [0.15, 0.2) is 42.7 Å². The number of esters is 2. The van der Waals surface area contributed by atoms with Crippen LogP contribution in [0.5, 0.6) is 17.2 Å². The number of aromatic hydroxyl groups is 1. The van der Waals surface area contributed by atoms with E-state index in [1.165, 1.54) is 24.4 Å². The molecule has 3 rings (SSSR count). The third-order valence-corrected chi connectivity index (χ3v) is 5.26. The predicted molar refractivity (Wildman–Crippen MR) is 127 cm³/mol. The molecular weight excluding hydrogens is 568 g/mol. The van der Waals surface area contributed by atoms with E-state index in [4.69, 9.17) is 11.1 Å². The van der Waals surface area contributed by atoms with Crippen LogP contribution in [0.3, 0.4) is 0 Å². The minimum absolute atomic E-state index is 0.124. The van der Waals surface area contributed by atoms with Crippen LogP contribution in [0.2, 0.25) is 0 Å².